The molecule has 0 aromatic rings. The number of phosphoric acid groups is 1. The van der Waals surface area contributed by atoms with Crippen molar-refractivity contribution in [2.75, 3.05) is 40.9 Å². The van der Waals surface area contributed by atoms with Gasteiger partial charge < -0.3 is 19.8 Å². The maximum Gasteiger partial charge on any atom is 0.472 e. The average Bonchev–Trinajstić information content (AvgIpc) is 3.26. The first-order chi connectivity index (χ1) is 31.5. The van der Waals surface area contributed by atoms with Gasteiger partial charge in [0.1, 0.15) is 13.2 Å². The minimum absolute atomic E-state index is 0.0611. The smallest absolute Gasteiger partial charge is 0.387 e. The molecule has 0 rings (SSSR count). The van der Waals surface area contributed by atoms with Crippen LogP contribution in [0.4, 0.5) is 0 Å². The second-order valence-electron chi connectivity index (χ2n) is 20.7. The first-order valence-corrected chi connectivity index (χ1v) is 29.7. The lowest BCUT2D eigenvalue weighted by molar-refractivity contribution is -0.870. The number of nitrogens with one attached hydrogen (secondary N) is 1. The summed E-state index contributed by atoms with van der Waals surface area (Å²) >= 11 is 0. The Morgan fingerprint density at radius 3 is 1.23 bits per heavy atom. The molecule has 0 aliphatic rings. The minimum Gasteiger partial charge on any atom is -0.387 e. The monoisotopic (exact) mass is 940 g/mol. The van der Waals surface area contributed by atoms with Gasteiger partial charge in [-0.25, -0.2) is 4.57 Å². The predicted molar refractivity (Wildman–Crippen MR) is 281 cm³/mol. The number of likely N-dealkylation sites (N-methyl/N-ethyl adjacent to an activating group) is 1. The highest BCUT2D eigenvalue weighted by Crippen LogP contribution is 2.43. The van der Waals surface area contributed by atoms with E-state index < -0.39 is 20.0 Å². The number of allylic oxidation sites excluding steroid dienone is 3. The zero-order valence-electron chi connectivity index (χ0n) is 44.0. The number of hydrogen-bond acceptors (Lipinski definition) is 5. The van der Waals surface area contributed by atoms with Gasteiger partial charge in [0.25, 0.3) is 0 Å². The topological polar surface area (TPSA) is 105 Å². The van der Waals surface area contributed by atoms with Crippen LogP contribution in [0.5, 0.6) is 0 Å². The van der Waals surface area contributed by atoms with Gasteiger partial charge in [0.15, 0.2) is 0 Å². The Kier molecular flexibility index (Phi) is 47.3. The lowest BCUT2D eigenvalue weighted by Crippen LogP contribution is -2.45. The van der Waals surface area contributed by atoms with E-state index in [0.717, 1.165) is 51.4 Å². The maximum absolute atomic E-state index is 12.9. The molecule has 0 radical (unpaired) electrons. The molecule has 3 atom stereocenters. The van der Waals surface area contributed by atoms with Crippen LogP contribution in [0.15, 0.2) is 24.3 Å². The normalized spacial score (nSPS) is 14.1. The van der Waals surface area contributed by atoms with Crippen LogP contribution in [0.2, 0.25) is 0 Å². The molecule has 0 heterocycles. The molecule has 0 aromatic heterocycles. The van der Waals surface area contributed by atoms with Gasteiger partial charge in [0, 0.05) is 6.42 Å². The van der Waals surface area contributed by atoms with Gasteiger partial charge in [0.2, 0.25) is 5.91 Å². The molecule has 0 bridgehead atoms. The van der Waals surface area contributed by atoms with Crippen molar-refractivity contribution in [1.82, 2.24) is 5.32 Å². The van der Waals surface area contributed by atoms with Crippen LogP contribution in [0.3, 0.4) is 0 Å². The number of hydrogen-bond donors (Lipinski definition) is 3. The van der Waals surface area contributed by atoms with Gasteiger partial charge in [-0.1, -0.05) is 256 Å². The molecule has 0 spiro atoms. The van der Waals surface area contributed by atoms with Crippen LogP contribution < -0.4 is 5.32 Å². The van der Waals surface area contributed by atoms with E-state index in [1.165, 1.54) is 205 Å². The SMILES string of the molecule is CCCC/C=C\CCCCCCCC(=O)NC(COP(=O)(O)OCC[N+](C)(C)C)C(O)/C=C/CCCCCCCCCCCCCCCCCCCCCCCCCCCCCCCC. The van der Waals surface area contributed by atoms with Crippen molar-refractivity contribution in [2.24, 2.45) is 0 Å². The molecular formula is C56H112N2O6P+. The fourth-order valence-corrected chi connectivity index (χ4v) is 9.17. The van der Waals surface area contributed by atoms with Crippen LogP contribution in [0, 0.1) is 0 Å². The van der Waals surface area contributed by atoms with Gasteiger partial charge in [-0.05, 0) is 38.5 Å². The Morgan fingerprint density at radius 1 is 0.508 bits per heavy atom. The largest absolute Gasteiger partial charge is 0.472 e. The molecule has 3 unspecified atom stereocenters. The van der Waals surface area contributed by atoms with E-state index in [0.29, 0.717) is 17.4 Å². The van der Waals surface area contributed by atoms with Crippen molar-refractivity contribution in [2.45, 2.75) is 289 Å². The van der Waals surface area contributed by atoms with E-state index in [9.17, 15) is 19.4 Å². The number of rotatable bonds is 52. The summed E-state index contributed by atoms with van der Waals surface area (Å²) in [4.78, 5) is 23.1. The van der Waals surface area contributed by atoms with E-state index in [4.69, 9.17) is 9.05 Å². The molecule has 0 saturated heterocycles. The second kappa shape index (κ2) is 48.0. The molecule has 0 saturated carbocycles. The summed E-state index contributed by atoms with van der Waals surface area (Å²) in [6.45, 7) is 4.79. The minimum atomic E-state index is -4.34. The number of aliphatic hydroxyl groups excluding tert-OH is 1. The third-order valence-corrected chi connectivity index (χ3v) is 13.9. The lowest BCUT2D eigenvalue weighted by atomic mass is 10.0. The van der Waals surface area contributed by atoms with Crippen molar-refractivity contribution in [3.05, 3.63) is 24.3 Å². The van der Waals surface area contributed by atoms with Gasteiger partial charge in [0.05, 0.1) is 39.9 Å². The highest BCUT2D eigenvalue weighted by molar-refractivity contribution is 7.47. The quantitative estimate of drug-likeness (QED) is 0.0243. The first kappa shape index (κ1) is 64.0. The summed E-state index contributed by atoms with van der Waals surface area (Å²) < 4.78 is 23.6. The maximum atomic E-state index is 12.9. The highest BCUT2D eigenvalue weighted by Gasteiger charge is 2.27. The Hall–Kier alpha value is -1.02. The number of unbranched alkanes of at least 4 members (excludes halogenated alkanes) is 37. The summed E-state index contributed by atoms with van der Waals surface area (Å²) in [7, 11) is 1.57. The number of nitrogens with zero attached hydrogens (tertiary/aromatic N) is 1. The van der Waals surface area contributed by atoms with E-state index in [1.807, 2.05) is 27.2 Å². The van der Waals surface area contributed by atoms with Crippen molar-refractivity contribution in [1.29, 1.82) is 0 Å². The van der Waals surface area contributed by atoms with Crippen molar-refractivity contribution in [3.8, 4) is 0 Å². The Morgan fingerprint density at radius 2 is 0.846 bits per heavy atom. The molecule has 386 valence electrons. The zero-order valence-corrected chi connectivity index (χ0v) is 44.9. The average molecular weight is 940 g/mol. The summed E-state index contributed by atoms with van der Waals surface area (Å²) in [6.07, 6.45) is 60.2. The number of quaternary nitrogens is 1. The molecule has 1 amide bonds. The molecule has 0 aliphatic carbocycles. The molecule has 0 aliphatic heterocycles. The van der Waals surface area contributed by atoms with Gasteiger partial charge in [-0.3, -0.25) is 13.8 Å². The van der Waals surface area contributed by atoms with Crippen LogP contribution >= 0.6 is 7.82 Å². The molecular weight excluding hydrogens is 828 g/mol. The van der Waals surface area contributed by atoms with Crippen molar-refractivity contribution in [3.63, 3.8) is 0 Å². The van der Waals surface area contributed by atoms with Crippen LogP contribution in [-0.2, 0) is 18.4 Å². The second-order valence-corrected chi connectivity index (χ2v) is 22.1. The summed E-state index contributed by atoms with van der Waals surface area (Å²) in [6, 6.07) is -0.848. The van der Waals surface area contributed by atoms with Crippen molar-refractivity contribution >= 4 is 13.7 Å². The Balaban J connectivity index is 4.01. The molecule has 9 heteroatoms. The number of amides is 1. The van der Waals surface area contributed by atoms with Gasteiger partial charge in [-0.2, -0.15) is 0 Å². The predicted octanol–water partition coefficient (Wildman–Crippen LogP) is 16.8. The van der Waals surface area contributed by atoms with Crippen LogP contribution in [0.1, 0.15) is 277 Å². The van der Waals surface area contributed by atoms with Gasteiger partial charge >= 0.3 is 7.82 Å². The number of phosphoric ester groups is 1. The number of carbonyl (C=O) groups is 1. The highest BCUT2D eigenvalue weighted by atomic mass is 31.2. The number of aliphatic hydroxyl groups is 1. The van der Waals surface area contributed by atoms with E-state index >= 15 is 0 Å². The summed E-state index contributed by atoms with van der Waals surface area (Å²) in [5.41, 5.74) is 0. The Labute approximate surface area is 404 Å². The third kappa shape index (κ3) is 50.7. The molecule has 8 nitrogen and oxygen atoms in total. The van der Waals surface area contributed by atoms with E-state index in [-0.39, 0.29) is 19.1 Å². The molecule has 0 fully saturated rings. The van der Waals surface area contributed by atoms with Crippen molar-refractivity contribution < 1.29 is 32.9 Å². The molecule has 0 aromatic carbocycles. The lowest BCUT2D eigenvalue weighted by Gasteiger charge is -2.25. The van der Waals surface area contributed by atoms with E-state index in [2.05, 4.69) is 31.3 Å². The zero-order chi connectivity index (χ0) is 47.8. The first-order valence-electron chi connectivity index (χ1n) is 28.2. The molecule has 3 N–H and O–H groups in total. The standard InChI is InChI=1S/C56H111N2O6P/c1-6-8-10-12-14-16-18-19-20-21-22-23-24-25-26-27-28-29-30-31-32-33-34-35-36-37-38-40-41-43-45-47-49-55(59)54(53-64-65(61,62)63-52-51-58(3,4)5)57-56(60)50-48-46-44-42-39-17-15-13-11-9-7-2/h13,15,47,49,54-55,59H,6-12,14,16-46,48,50-53H2,1-5H3,(H-,57,60,61,62)/p+1/b15-13-,49-47+. The fourth-order valence-electron chi connectivity index (χ4n) is 8.44. The molecule has 65 heavy (non-hydrogen) atoms. The van der Waals surface area contributed by atoms with Gasteiger partial charge in [-0.15, -0.1) is 0 Å². The summed E-state index contributed by atoms with van der Waals surface area (Å²) in [5, 5.41) is 13.9. The summed E-state index contributed by atoms with van der Waals surface area (Å²) in [5.74, 6) is -0.185. The fraction of sp³-hybridized carbons (Fsp3) is 0.911. The third-order valence-electron chi connectivity index (χ3n) is 12.9. The van der Waals surface area contributed by atoms with Crippen LogP contribution in [-0.4, -0.2) is 73.4 Å². The van der Waals surface area contributed by atoms with E-state index in [1.54, 1.807) is 6.08 Å². The van der Waals surface area contributed by atoms with Crippen LogP contribution in [0.25, 0.3) is 0 Å². The Bertz CT molecular complexity index is 1110. The number of carbonyl (C=O) groups excluding carboxylic acids is 1.